The molecule has 0 unspecified atom stereocenters. The Kier molecular flexibility index (Phi) is 7.89. The molecule has 9 heteroatoms. The molecule has 0 atom stereocenters. The summed E-state index contributed by atoms with van der Waals surface area (Å²) in [6.45, 7) is 2.78. The van der Waals surface area contributed by atoms with Gasteiger partial charge in [0.15, 0.2) is 5.11 Å². The Bertz CT molecular complexity index is 1140. The zero-order valence-electron chi connectivity index (χ0n) is 16.8. The minimum atomic E-state index is -3.83. The number of ether oxygens (including phenoxy) is 1. The second-order valence-corrected chi connectivity index (χ2v) is 9.47. The van der Waals surface area contributed by atoms with Gasteiger partial charge in [-0.1, -0.05) is 46.3 Å². The van der Waals surface area contributed by atoms with Crippen molar-refractivity contribution in [2.24, 2.45) is 0 Å². The van der Waals surface area contributed by atoms with Crippen LogP contribution in [0.1, 0.15) is 12.5 Å². The third-order valence-electron chi connectivity index (χ3n) is 4.19. The number of rotatable bonds is 8. The molecule has 0 amide bonds. The second kappa shape index (κ2) is 10.6. The summed E-state index contributed by atoms with van der Waals surface area (Å²) < 4.78 is 34.4. The van der Waals surface area contributed by atoms with Crippen molar-refractivity contribution in [3.8, 4) is 5.75 Å². The predicted molar refractivity (Wildman–Crippen MR) is 132 cm³/mol. The van der Waals surface area contributed by atoms with Gasteiger partial charge in [0, 0.05) is 22.4 Å². The molecule has 0 heterocycles. The highest BCUT2D eigenvalue weighted by Crippen LogP contribution is 2.29. The highest BCUT2D eigenvalue weighted by atomic mass is 79.9. The van der Waals surface area contributed by atoms with Crippen LogP contribution in [0.15, 0.2) is 82.2 Å². The summed E-state index contributed by atoms with van der Waals surface area (Å²) in [5, 5.41) is 6.70. The number of hydrogen-bond acceptors (Lipinski definition) is 4. The van der Waals surface area contributed by atoms with E-state index in [2.05, 4.69) is 31.3 Å². The Labute approximate surface area is 196 Å². The smallest absolute Gasteiger partial charge is 0.265 e. The van der Waals surface area contributed by atoms with E-state index in [1.54, 1.807) is 43.3 Å². The average molecular weight is 520 g/mol. The maximum Gasteiger partial charge on any atom is 0.265 e. The molecular weight excluding hydrogens is 498 g/mol. The van der Waals surface area contributed by atoms with Gasteiger partial charge in [0.2, 0.25) is 0 Å². The fourth-order valence-electron chi connectivity index (χ4n) is 2.75. The van der Waals surface area contributed by atoms with Gasteiger partial charge >= 0.3 is 0 Å². The van der Waals surface area contributed by atoms with Crippen molar-refractivity contribution in [1.29, 1.82) is 0 Å². The van der Waals surface area contributed by atoms with Gasteiger partial charge in [0.1, 0.15) is 10.6 Å². The number of halogens is 1. The van der Waals surface area contributed by atoms with E-state index in [1.165, 1.54) is 6.07 Å². The standard InChI is InChI=1S/C22H22BrN3O3S2/c1-2-29-20-13-8-17(23)14-21(20)31(27,28)26-19-11-9-18(10-12-19)25-22(30)24-15-16-6-4-3-5-7-16/h3-14,26H,2,15H2,1H3,(H2,24,25,30). The van der Waals surface area contributed by atoms with Gasteiger partial charge in [-0.2, -0.15) is 0 Å². The van der Waals surface area contributed by atoms with Crippen molar-refractivity contribution in [3.63, 3.8) is 0 Å². The second-order valence-electron chi connectivity index (χ2n) is 6.50. The summed E-state index contributed by atoms with van der Waals surface area (Å²) in [4.78, 5) is 0.0669. The van der Waals surface area contributed by atoms with E-state index in [4.69, 9.17) is 17.0 Å². The Morgan fingerprint density at radius 1 is 1.00 bits per heavy atom. The van der Waals surface area contributed by atoms with Crippen molar-refractivity contribution >= 4 is 54.7 Å². The normalized spacial score (nSPS) is 10.9. The largest absolute Gasteiger partial charge is 0.492 e. The maximum atomic E-state index is 12.9. The molecule has 3 aromatic carbocycles. The fraction of sp³-hybridized carbons (Fsp3) is 0.136. The monoisotopic (exact) mass is 519 g/mol. The highest BCUT2D eigenvalue weighted by molar-refractivity contribution is 9.10. The van der Waals surface area contributed by atoms with Crippen LogP contribution in [0, 0.1) is 0 Å². The minimum Gasteiger partial charge on any atom is -0.492 e. The van der Waals surface area contributed by atoms with Crippen LogP contribution in [0.4, 0.5) is 11.4 Å². The summed E-state index contributed by atoms with van der Waals surface area (Å²) >= 11 is 8.63. The molecule has 0 saturated heterocycles. The summed E-state index contributed by atoms with van der Waals surface area (Å²) in [5.41, 5.74) is 2.29. The molecule has 0 fully saturated rings. The van der Waals surface area contributed by atoms with Crippen molar-refractivity contribution in [2.45, 2.75) is 18.4 Å². The van der Waals surface area contributed by atoms with Crippen LogP contribution in [-0.2, 0) is 16.6 Å². The van der Waals surface area contributed by atoms with Crippen LogP contribution in [0.25, 0.3) is 0 Å². The van der Waals surface area contributed by atoms with Crippen LogP contribution >= 0.6 is 28.1 Å². The highest BCUT2D eigenvalue weighted by Gasteiger charge is 2.20. The summed E-state index contributed by atoms with van der Waals surface area (Å²) in [5.74, 6) is 0.298. The lowest BCUT2D eigenvalue weighted by Crippen LogP contribution is -2.27. The van der Waals surface area contributed by atoms with Gasteiger partial charge < -0.3 is 15.4 Å². The van der Waals surface area contributed by atoms with E-state index >= 15 is 0 Å². The molecule has 0 bridgehead atoms. The third-order valence-corrected chi connectivity index (χ3v) is 6.33. The third kappa shape index (κ3) is 6.68. The molecule has 0 radical (unpaired) electrons. The molecule has 0 aliphatic heterocycles. The van der Waals surface area contributed by atoms with Gasteiger partial charge in [-0.05, 0) is 67.2 Å². The molecule has 3 aromatic rings. The van der Waals surface area contributed by atoms with E-state index < -0.39 is 10.0 Å². The van der Waals surface area contributed by atoms with E-state index in [1.807, 2.05) is 30.3 Å². The lowest BCUT2D eigenvalue weighted by molar-refractivity contribution is 0.331. The zero-order valence-corrected chi connectivity index (χ0v) is 20.0. The van der Waals surface area contributed by atoms with E-state index in [9.17, 15) is 8.42 Å². The Morgan fingerprint density at radius 3 is 2.35 bits per heavy atom. The van der Waals surface area contributed by atoms with Gasteiger partial charge in [-0.15, -0.1) is 0 Å². The van der Waals surface area contributed by atoms with Gasteiger partial charge in [0.05, 0.1) is 6.61 Å². The van der Waals surface area contributed by atoms with Crippen LogP contribution in [0.5, 0.6) is 5.75 Å². The Hall–Kier alpha value is -2.62. The first kappa shape index (κ1) is 23.1. The summed E-state index contributed by atoms with van der Waals surface area (Å²) in [6, 6.07) is 21.6. The van der Waals surface area contributed by atoms with Crippen LogP contribution in [0.2, 0.25) is 0 Å². The first-order valence-electron chi connectivity index (χ1n) is 9.51. The molecule has 3 N–H and O–H groups in total. The van der Waals surface area contributed by atoms with Crippen molar-refractivity contribution in [1.82, 2.24) is 5.32 Å². The minimum absolute atomic E-state index is 0.0669. The Balaban J connectivity index is 1.63. The first-order chi connectivity index (χ1) is 14.9. The van der Waals surface area contributed by atoms with Crippen LogP contribution in [0.3, 0.4) is 0 Å². The lowest BCUT2D eigenvalue weighted by atomic mass is 10.2. The summed E-state index contributed by atoms with van der Waals surface area (Å²) in [7, 11) is -3.83. The van der Waals surface area contributed by atoms with Gasteiger partial charge in [-0.3, -0.25) is 4.72 Å². The number of thiocarbonyl (C=S) groups is 1. The number of sulfonamides is 1. The van der Waals surface area contributed by atoms with E-state index in [-0.39, 0.29) is 4.90 Å². The number of anilines is 2. The quantitative estimate of drug-likeness (QED) is 0.357. The molecule has 3 rings (SSSR count). The summed E-state index contributed by atoms with van der Waals surface area (Å²) in [6.07, 6.45) is 0. The molecule has 0 spiro atoms. The van der Waals surface area contributed by atoms with Gasteiger partial charge in [0.25, 0.3) is 10.0 Å². The van der Waals surface area contributed by atoms with Crippen LogP contribution < -0.4 is 20.1 Å². The zero-order chi connectivity index (χ0) is 22.3. The molecule has 0 aromatic heterocycles. The number of nitrogens with one attached hydrogen (secondary N) is 3. The van der Waals surface area contributed by atoms with E-state index in [0.29, 0.717) is 34.2 Å². The number of benzene rings is 3. The molecule has 0 aliphatic rings. The maximum absolute atomic E-state index is 12.9. The predicted octanol–water partition coefficient (Wildman–Crippen LogP) is 5.14. The van der Waals surface area contributed by atoms with Crippen molar-refractivity contribution in [3.05, 3.63) is 82.8 Å². The van der Waals surface area contributed by atoms with Gasteiger partial charge in [-0.25, -0.2) is 8.42 Å². The van der Waals surface area contributed by atoms with Crippen molar-refractivity contribution < 1.29 is 13.2 Å². The number of hydrogen-bond donors (Lipinski definition) is 3. The molecule has 0 saturated carbocycles. The topological polar surface area (TPSA) is 79.5 Å². The molecule has 0 aliphatic carbocycles. The fourth-order valence-corrected chi connectivity index (χ4v) is 4.68. The first-order valence-corrected chi connectivity index (χ1v) is 12.2. The average Bonchev–Trinajstić information content (AvgIpc) is 2.75. The van der Waals surface area contributed by atoms with E-state index in [0.717, 1.165) is 11.3 Å². The molecule has 162 valence electrons. The van der Waals surface area contributed by atoms with Crippen molar-refractivity contribution in [2.75, 3.05) is 16.6 Å². The molecular formula is C22H22BrN3O3S2. The lowest BCUT2D eigenvalue weighted by Gasteiger charge is -2.14. The van der Waals surface area contributed by atoms with Crippen LogP contribution in [-0.4, -0.2) is 20.1 Å². The molecule has 6 nitrogen and oxygen atoms in total. The molecule has 31 heavy (non-hydrogen) atoms. The Morgan fingerprint density at radius 2 is 1.68 bits per heavy atom. The SMILES string of the molecule is CCOc1ccc(Br)cc1S(=O)(=O)Nc1ccc(NC(=S)NCc2ccccc2)cc1.